The van der Waals surface area contributed by atoms with Crippen LogP contribution in [0.1, 0.15) is 34.9 Å². The molecule has 2 heterocycles. The van der Waals surface area contributed by atoms with Crippen LogP contribution in [0.15, 0.2) is 59.1 Å². The van der Waals surface area contributed by atoms with Gasteiger partial charge in [0, 0.05) is 24.5 Å². The topological polar surface area (TPSA) is 37.3 Å². The molecule has 1 aliphatic heterocycles. The predicted octanol–water partition coefficient (Wildman–Crippen LogP) is 4.51. The Hall–Kier alpha value is -2.11. The number of rotatable bonds is 5. The molecule has 4 nitrogen and oxygen atoms in total. The smallest absolute Gasteiger partial charge is 0.269 e. The standard InChI is InChI=1S/C22H24BrN3O/c1-25-18-12-6-5-11-17(18)20(23)21(25)22(27)24-15-19(26-13-7-8-14-26)16-9-3-2-4-10-16/h2-6,9-12,19H,7-8,13-15H2,1H3,(H,24,27). The Labute approximate surface area is 168 Å². The zero-order valence-corrected chi connectivity index (χ0v) is 17.1. The van der Waals surface area contributed by atoms with Crippen LogP contribution in [0.2, 0.25) is 0 Å². The second-order valence-corrected chi connectivity index (χ2v) is 7.91. The maximum atomic E-state index is 13.0. The summed E-state index contributed by atoms with van der Waals surface area (Å²) in [6, 6.07) is 18.8. The number of aryl methyl sites for hydroxylation is 1. The average molecular weight is 426 g/mol. The summed E-state index contributed by atoms with van der Waals surface area (Å²) in [7, 11) is 1.94. The van der Waals surface area contributed by atoms with Crippen LogP contribution in [0.5, 0.6) is 0 Å². The van der Waals surface area contributed by atoms with Crippen molar-refractivity contribution in [2.45, 2.75) is 18.9 Å². The van der Waals surface area contributed by atoms with Gasteiger partial charge >= 0.3 is 0 Å². The lowest BCUT2D eigenvalue weighted by atomic mass is 10.1. The molecule has 1 aliphatic rings. The molecular weight excluding hydrogens is 402 g/mol. The highest BCUT2D eigenvalue weighted by Crippen LogP contribution is 2.30. The van der Waals surface area contributed by atoms with Crippen molar-refractivity contribution in [2.24, 2.45) is 7.05 Å². The second-order valence-electron chi connectivity index (χ2n) is 7.12. The molecule has 1 N–H and O–H groups in total. The summed E-state index contributed by atoms with van der Waals surface area (Å²) < 4.78 is 2.82. The Morgan fingerprint density at radius 3 is 2.44 bits per heavy atom. The highest BCUT2D eigenvalue weighted by atomic mass is 79.9. The predicted molar refractivity (Wildman–Crippen MR) is 113 cm³/mol. The SMILES string of the molecule is Cn1c(C(=O)NCC(c2ccccc2)N2CCCC2)c(Br)c2ccccc21. The maximum Gasteiger partial charge on any atom is 0.269 e. The lowest BCUT2D eigenvalue weighted by Gasteiger charge is -2.28. The van der Waals surface area contributed by atoms with Crippen molar-refractivity contribution in [2.75, 3.05) is 19.6 Å². The molecule has 1 amide bonds. The first-order chi connectivity index (χ1) is 13.2. The van der Waals surface area contributed by atoms with Crippen LogP contribution in [0.3, 0.4) is 0 Å². The van der Waals surface area contributed by atoms with Gasteiger partial charge in [-0.2, -0.15) is 0 Å². The van der Waals surface area contributed by atoms with Gasteiger partial charge in [-0.3, -0.25) is 9.69 Å². The number of nitrogens with zero attached hydrogens (tertiary/aromatic N) is 2. The summed E-state index contributed by atoms with van der Waals surface area (Å²) in [6.45, 7) is 2.79. The summed E-state index contributed by atoms with van der Waals surface area (Å²) in [5.74, 6) is -0.0410. The van der Waals surface area contributed by atoms with E-state index in [2.05, 4.69) is 50.4 Å². The third kappa shape index (κ3) is 3.54. The van der Waals surface area contributed by atoms with Crippen molar-refractivity contribution in [1.82, 2.24) is 14.8 Å². The van der Waals surface area contributed by atoms with Gasteiger partial charge in [-0.25, -0.2) is 0 Å². The van der Waals surface area contributed by atoms with Crippen molar-refractivity contribution in [3.63, 3.8) is 0 Å². The van der Waals surface area contributed by atoms with Crippen LogP contribution in [0.4, 0.5) is 0 Å². The number of para-hydroxylation sites is 1. The maximum absolute atomic E-state index is 13.0. The summed E-state index contributed by atoms with van der Waals surface area (Å²) >= 11 is 3.63. The molecule has 4 rings (SSSR count). The Balaban J connectivity index is 1.57. The Kier molecular flexibility index (Phi) is 5.32. The van der Waals surface area contributed by atoms with Crippen LogP contribution >= 0.6 is 15.9 Å². The molecule has 1 fully saturated rings. The highest BCUT2D eigenvalue weighted by Gasteiger charge is 2.25. The minimum atomic E-state index is -0.0410. The fourth-order valence-corrected chi connectivity index (χ4v) is 4.84. The van der Waals surface area contributed by atoms with Gasteiger partial charge in [0.1, 0.15) is 5.69 Å². The fraction of sp³-hybridized carbons (Fsp3) is 0.318. The van der Waals surface area contributed by atoms with Gasteiger partial charge in [-0.1, -0.05) is 48.5 Å². The van der Waals surface area contributed by atoms with Crippen LogP contribution in [0.25, 0.3) is 10.9 Å². The van der Waals surface area contributed by atoms with Crippen molar-refractivity contribution in [1.29, 1.82) is 0 Å². The van der Waals surface area contributed by atoms with Crippen LogP contribution in [0, 0.1) is 0 Å². The van der Waals surface area contributed by atoms with E-state index in [4.69, 9.17) is 0 Å². The van der Waals surface area contributed by atoms with Gasteiger partial charge in [0.05, 0.1) is 10.5 Å². The molecule has 0 spiro atoms. The summed E-state index contributed by atoms with van der Waals surface area (Å²) in [5, 5.41) is 4.25. The third-order valence-corrected chi connectivity index (χ3v) is 6.28. The van der Waals surface area contributed by atoms with Gasteiger partial charge in [-0.15, -0.1) is 0 Å². The van der Waals surface area contributed by atoms with E-state index in [-0.39, 0.29) is 11.9 Å². The van der Waals surface area contributed by atoms with E-state index in [1.807, 2.05) is 41.9 Å². The number of hydrogen-bond acceptors (Lipinski definition) is 2. The molecule has 0 saturated carbocycles. The minimum Gasteiger partial charge on any atom is -0.349 e. The molecule has 3 aromatic rings. The molecule has 2 aromatic carbocycles. The van der Waals surface area contributed by atoms with Gasteiger partial charge in [0.25, 0.3) is 5.91 Å². The van der Waals surface area contributed by atoms with E-state index in [9.17, 15) is 4.79 Å². The minimum absolute atomic E-state index is 0.0410. The van der Waals surface area contributed by atoms with Gasteiger partial charge in [-0.05, 0) is 53.5 Å². The molecule has 1 atom stereocenters. The number of carbonyl (C=O) groups excluding carboxylic acids is 1. The highest BCUT2D eigenvalue weighted by molar-refractivity contribution is 9.10. The van der Waals surface area contributed by atoms with Crippen LogP contribution in [-0.4, -0.2) is 35.0 Å². The number of fused-ring (bicyclic) bond motifs is 1. The van der Waals surface area contributed by atoms with Crippen LogP contribution < -0.4 is 5.32 Å². The number of hydrogen-bond donors (Lipinski definition) is 1. The first-order valence-electron chi connectivity index (χ1n) is 9.47. The van der Waals surface area contributed by atoms with Gasteiger partial charge in [0.15, 0.2) is 0 Å². The van der Waals surface area contributed by atoms with Crippen molar-refractivity contribution in [3.05, 3.63) is 70.3 Å². The van der Waals surface area contributed by atoms with E-state index in [0.29, 0.717) is 12.2 Å². The number of halogens is 1. The zero-order valence-electron chi connectivity index (χ0n) is 15.5. The number of nitrogens with one attached hydrogen (secondary N) is 1. The number of amides is 1. The number of carbonyl (C=O) groups is 1. The molecule has 0 radical (unpaired) electrons. The van der Waals surface area contributed by atoms with Crippen molar-refractivity contribution >= 4 is 32.7 Å². The molecule has 1 saturated heterocycles. The quantitative estimate of drug-likeness (QED) is 0.652. The van der Waals surface area contributed by atoms with Crippen LogP contribution in [-0.2, 0) is 7.05 Å². The molecule has 27 heavy (non-hydrogen) atoms. The first-order valence-corrected chi connectivity index (χ1v) is 10.3. The van der Waals surface area contributed by atoms with E-state index < -0.39 is 0 Å². The number of likely N-dealkylation sites (tertiary alicyclic amines) is 1. The monoisotopic (exact) mass is 425 g/mol. The van der Waals surface area contributed by atoms with Gasteiger partial charge in [0.2, 0.25) is 0 Å². The summed E-state index contributed by atoms with van der Waals surface area (Å²) in [4.78, 5) is 15.5. The number of aromatic nitrogens is 1. The molecule has 0 aliphatic carbocycles. The molecular formula is C22H24BrN3O. The van der Waals surface area contributed by atoms with E-state index >= 15 is 0 Å². The normalized spacial score (nSPS) is 15.9. The zero-order chi connectivity index (χ0) is 18.8. The average Bonchev–Trinajstić information content (AvgIpc) is 3.31. The molecule has 0 bridgehead atoms. The third-order valence-electron chi connectivity index (χ3n) is 5.48. The Morgan fingerprint density at radius 2 is 1.74 bits per heavy atom. The molecule has 5 heteroatoms. The molecule has 1 aromatic heterocycles. The van der Waals surface area contributed by atoms with Crippen molar-refractivity contribution in [3.8, 4) is 0 Å². The van der Waals surface area contributed by atoms with E-state index in [0.717, 1.165) is 28.5 Å². The molecule has 1 unspecified atom stereocenters. The summed E-state index contributed by atoms with van der Waals surface area (Å²) in [5.41, 5.74) is 2.98. The summed E-state index contributed by atoms with van der Waals surface area (Å²) in [6.07, 6.45) is 2.46. The number of benzene rings is 2. The lowest BCUT2D eigenvalue weighted by molar-refractivity contribution is 0.0929. The Morgan fingerprint density at radius 1 is 1.07 bits per heavy atom. The van der Waals surface area contributed by atoms with E-state index in [1.165, 1.54) is 18.4 Å². The second kappa shape index (κ2) is 7.87. The lowest BCUT2D eigenvalue weighted by Crippen LogP contribution is -2.37. The largest absolute Gasteiger partial charge is 0.349 e. The molecule has 140 valence electrons. The van der Waals surface area contributed by atoms with Crippen molar-refractivity contribution < 1.29 is 4.79 Å². The van der Waals surface area contributed by atoms with E-state index in [1.54, 1.807) is 0 Å². The Bertz CT molecular complexity index is 906. The first kappa shape index (κ1) is 18.3. The fourth-order valence-electron chi connectivity index (χ4n) is 4.06. The van der Waals surface area contributed by atoms with Gasteiger partial charge < -0.3 is 9.88 Å².